The molecule has 12 heteroatoms. The van der Waals surface area contributed by atoms with E-state index in [0.717, 1.165) is 22.3 Å². The van der Waals surface area contributed by atoms with E-state index in [1.807, 2.05) is 77.9 Å². The number of amides is 4. The second kappa shape index (κ2) is 15.2. The first-order chi connectivity index (χ1) is 22.6. The van der Waals surface area contributed by atoms with Gasteiger partial charge in [-0.2, -0.15) is 0 Å². The molecule has 0 aliphatic carbocycles. The Balaban J connectivity index is 1.43. The smallest absolute Gasteiger partial charge is 0.410 e. The molecule has 0 atom stereocenters. The molecule has 0 saturated carbocycles. The third-order valence-electron chi connectivity index (χ3n) is 8.10. The van der Waals surface area contributed by atoms with Gasteiger partial charge >= 0.3 is 12.2 Å². The van der Waals surface area contributed by atoms with E-state index in [1.54, 1.807) is 33.8 Å². The molecule has 0 aromatic heterocycles. The van der Waals surface area contributed by atoms with Crippen molar-refractivity contribution in [2.24, 2.45) is 0 Å². The number of piperazine rings is 2. The average Bonchev–Trinajstić information content (AvgIpc) is 3.03. The minimum Gasteiger partial charge on any atom is -0.496 e. The van der Waals surface area contributed by atoms with E-state index in [-0.39, 0.29) is 36.8 Å². The highest BCUT2D eigenvalue weighted by atomic mass is 16.6. The maximum absolute atomic E-state index is 13.3. The SMILES string of the molecule is COc1ccc(CC(=O)N2CCN(C(=O)OC(C)(C)C)CC2)cc1-c1cc(CC(=O)N2CCN(C(=O)OC(C)(C)C)CC2)ccc1OC. The molecular weight excluding hydrogens is 616 g/mol. The predicted molar refractivity (Wildman–Crippen MR) is 181 cm³/mol. The highest BCUT2D eigenvalue weighted by Crippen LogP contribution is 2.38. The molecule has 0 N–H and O–H groups in total. The number of hydrogen-bond acceptors (Lipinski definition) is 8. The maximum atomic E-state index is 13.3. The summed E-state index contributed by atoms with van der Waals surface area (Å²) in [5.41, 5.74) is 1.94. The normalized spacial score (nSPS) is 15.6. The van der Waals surface area contributed by atoms with Crippen LogP contribution in [0.1, 0.15) is 52.7 Å². The Bertz CT molecular complexity index is 1370. The van der Waals surface area contributed by atoms with Gasteiger partial charge < -0.3 is 38.5 Å². The van der Waals surface area contributed by atoms with Gasteiger partial charge in [0.05, 0.1) is 27.1 Å². The zero-order valence-electron chi connectivity index (χ0n) is 29.6. The van der Waals surface area contributed by atoms with Gasteiger partial charge in [0.2, 0.25) is 11.8 Å². The van der Waals surface area contributed by atoms with E-state index in [1.165, 1.54) is 0 Å². The van der Waals surface area contributed by atoms with Crippen molar-refractivity contribution in [3.05, 3.63) is 47.5 Å². The van der Waals surface area contributed by atoms with Crippen LogP contribution in [0.25, 0.3) is 11.1 Å². The summed E-state index contributed by atoms with van der Waals surface area (Å²) in [7, 11) is 3.18. The topological polar surface area (TPSA) is 118 Å². The van der Waals surface area contributed by atoms with Gasteiger partial charge in [0.1, 0.15) is 22.7 Å². The van der Waals surface area contributed by atoms with Gasteiger partial charge in [-0.15, -0.1) is 0 Å². The lowest BCUT2D eigenvalue weighted by Gasteiger charge is -2.35. The Morgan fingerprint density at radius 3 is 1.15 bits per heavy atom. The third kappa shape index (κ3) is 9.77. The zero-order valence-corrected chi connectivity index (χ0v) is 29.6. The number of rotatable bonds is 7. The van der Waals surface area contributed by atoms with Gasteiger partial charge in [0.25, 0.3) is 0 Å². The lowest BCUT2D eigenvalue weighted by atomic mass is 9.96. The Labute approximate surface area is 283 Å². The van der Waals surface area contributed by atoms with Crippen molar-refractivity contribution in [3.63, 3.8) is 0 Å². The fraction of sp³-hybridized carbons (Fsp3) is 0.556. The summed E-state index contributed by atoms with van der Waals surface area (Å²) in [4.78, 5) is 58.3. The fourth-order valence-electron chi connectivity index (χ4n) is 5.65. The number of carbonyl (C=O) groups is 4. The summed E-state index contributed by atoms with van der Waals surface area (Å²) in [6.07, 6.45) is -0.376. The Morgan fingerprint density at radius 1 is 0.542 bits per heavy atom. The molecule has 2 aromatic rings. The minimum absolute atomic E-state index is 0.0342. The van der Waals surface area contributed by atoms with E-state index < -0.39 is 11.2 Å². The first-order valence-corrected chi connectivity index (χ1v) is 16.4. The number of benzene rings is 2. The maximum Gasteiger partial charge on any atom is 0.410 e. The molecular formula is C36H50N4O8. The standard InChI is InChI=1S/C36H50N4O8/c1-35(2,3)47-33(43)39-17-13-37(14-18-39)31(41)23-25-9-11-29(45-7)27(21-25)28-22-26(10-12-30(28)46-8)24-32(42)38-15-19-40(20-16-38)34(44)48-36(4,5)6/h9-12,21-22H,13-20,23-24H2,1-8H3. The van der Waals surface area contributed by atoms with Crippen molar-refractivity contribution in [3.8, 4) is 22.6 Å². The van der Waals surface area contributed by atoms with Crippen LogP contribution < -0.4 is 9.47 Å². The van der Waals surface area contributed by atoms with Crippen LogP contribution in [-0.2, 0) is 31.9 Å². The van der Waals surface area contributed by atoms with Crippen molar-refractivity contribution in [1.82, 2.24) is 19.6 Å². The molecule has 0 spiro atoms. The molecule has 2 fully saturated rings. The second-order valence-electron chi connectivity index (χ2n) is 14.1. The van der Waals surface area contributed by atoms with E-state index in [9.17, 15) is 19.2 Å². The zero-order chi connectivity index (χ0) is 35.2. The molecule has 2 heterocycles. The van der Waals surface area contributed by atoms with Crippen LogP contribution >= 0.6 is 0 Å². The molecule has 4 rings (SSSR count). The van der Waals surface area contributed by atoms with Crippen LogP contribution in [0, 0.1) is 0 Å². The van der Waals surface area contributed by atoms with Gasteiger partial charge in [-0.1, -0.05) is 12.1 Å². The van der Waals surface area contributed by atoms with Crippen LogP contribution in [0.5, 0.6) is 11.5 Å². The van der Waals surface area contributed by atoms with Gasteiger partial charge in [-0.25, -0.2) is 9.59 Å². The number of methoxy groups -OCH3 is 2. The molecule has 2 aliphatic rings. The van der Waals surface area contributed by atoms with Crippen LogP contribution in [0.3, 0.4) is 0 Å². The summed E-state index contributed by atoms with van der Waals surface area (Å²) in [6, 6.07) is 11.3. The molecule has 0 radical (unpaired) electrons. The number of carbonyl (C=O) groups excluding carboxylic acids is 4. The highest BCUT2D eigenvalue weighted by molar-refractivity contribution is 5.83. The Morgan fingerprint density at radius 2 is 0.854 bits per heavy atom. The fourth-order valence-corrected chi connectivity index (χ4v) is 5.65. The van der Waals surface area contributed by atoms with Crippen LogP contribution in [0.2, 0.25) is 0 Å². The molecule has 0 unspecified atom stereocenters. The van der Waals surface area contributed by atoms with Crippen molar-refractivity contribution >= 4 is 24.0 Å². The van der Waals surface area contributed by atoms with E-state index in [4.69, 9.17) is 18.9 Å². The van der Waals surface area contributed by atoms with Gasteiger partial charge in [-0.3, -0.25) is 9.59 Å². The Hall–Kier alpha value is -4.48. The molecule has 48 heavy (non-hydrogen) atoms. The Kier molecular flexibility index (Phi) is 11.5. The lowest BCUT2D eigenvalue weighted by Crippen LogP contribution is -2.52. The summed E-state index contributed by atoms with van der Waals surface area (Å²) >= 11 is 0. The molecule has 12 nitrogen and oxygen atoms in total. The summed E-state index contributed by atoms with van der Waals surface area (Å²) in [5, 5.41) is 0. The lowest BCUT2D eigenvalue weighted by molar-refractivity contribution is -0.132. The van der Waals surface area contributed by atoms with Crippen molar-refractivity contribution in [2.75, 3.05) is 66.6 Å². The first-order valence-electron chi connectivity index (χ1n) is 16.4. The second-order valence-corrected chi connectivity index (χ2v) is 14.1. The van der Waals surface area contributed by atoms with Crippen LogP contribution in [0.4, 0.5) is 9.59 Å². The van der Waals surface area contributed by atoms with E-state index >= 15 is 0 Å². The van der Waals surface area contributed by atoms with Gasteiger partial charge in [-0.05, 0) is 76.9 Å². The minimum atomic E-state index is -0.575. The van der Waals surface area contributed by atoms with Crippen molar-refractivity contribution in [2.45, 2.75) is 65.6 Å². The van der Waals surface area contributed by atoms with Crippen LogP contribution in [0.15, 0.2) is 36.4 Å². The van der Waals surface area contributed by atoms with Gasteiger partial charge in [0, 0.05) is 63.5 Å². The first kappa shape index (κ1) is 36.4. The van der Waals surface area contributed by atoms with E-state index in [0.29, 0.717) is 63.9 Å². The molecule has 2 saturated heterocycles. The third-order valence-corrected chi connectivity index (χ3v) is 8.10. The van der Waals surface area contributed by atoms with Crippen molar-refractivity contribution in [1.29, 1.82) is 0 Å². The summed E-state index contributed by atoms with van der Waals surface area (Å²) in [5.74, 6) is 1.15. The summed E-state index contributed by atoms with van der Waals surface area (Å²) in [6.45, 7) is 14.4. The molecule has 262 valence electrons. The van der Waals surface area contributed by atoms with Crippen molar-refractivity contribution < 1.29 is 38.1 Å². The average molecular weight is 667 g/mol. The molecule has 2 aromatic carbocycles. The van der Waals surface area contributed by atoms with Gasteiger partial charge in [0.15, 0.2) is 0 Å². The highest BCUT2D eigenvalue weighted by Gasteiger charge is 2.29. The molecule has 2 aliphatic heterocycles. The van der Waals surface area contributed by atoms with Crippen LogP contribution in [-0.4, -0.2) is 121 Å². The number of ether oxygens (including phenoxy) is 4. The quantitative estimate of drug-likeness (QED) is 0.421. The predicted octanol–water partition coefficient (Wildman–Crippen LogP) is 4.61. The van der Waals surface area contributed by atoms with E-state index in [2.05, 4.69) is 0 Å². The molecule has 4 amide bonds. The molecule has 0 bridgehead atoms. The number of hydrogen-bond donors (Lipinski definition) is 0. The largest absolute Gasteiger partial charge is 0.496 e. The summed E-state index contributed by atoms with van der Waals surface area (Å²) < 4.78 is 22.4. The number of nitrogens with zero attached hydrogens (tertiary/aromatic N) is 4. The monoisotopic (exact) mass is 666 g/mol.